The van der Waals surface area contributed by atoms with Gasteiger partial charge in [-0.2, -0.15) is 0 Å². The molecule has 6 nitrogen and oxygen atoms in total. The third-order valence-electron chi connectivity index (χ3n) is 6.09. The normalized spacial score (nSPS) is 15.0. The molecular weight excluding hydrogens is 458 g/mol. The first-order chi connectivity index (χ1) is 15.9. The number of nitrogens with one attached hydrogen (secondary N) is 2. The number of aromatic nitrogens is 1. The van der Waals surface area contributed by atoms with E-state index in [9.17, 15) is 9.59 Å². The van der Waals surface area contributed by atoms with Crippen LogP contribution in [0.3, 0.4) is 0 Å². The van der Waals surface area contributed by atoms with Crippen LogP contribution in [0, 0.1) is 6.92 Å². The van der Waals surface area contributed by atoms with E-state index in [1.807, 2.05) is 49.5 Å². The first-order valence-electron chi connectivity index (χ1n) is 10.9. The fourth-order valence-electron chi connectivity index (χ4n) is 4.27. The molecule has 33 heavy (non-hydrogen) atoms. The van der Waals surface area contributed by atoms with Gasteiger partial charge in [0.15, 0.2) is 0 Å². The molecule has 0 bridgehead atoms. The van der Waals surface area contributed by atoms with Gasteiger partial charge in [0, 0.05) is 11.9 Å². The number of nitrogens with zero attached hydrogens (tertiary/aromatic N) is 1. The van der Waals surface area contributed by atoms with Crippen LogP contribution in [0.1, 0.15) is 42.7 Å². The summed E-state index contributed by atoms with van der Waals surface area (Å²) in [6.07, 6.45) is 6.50. The zero-order chi connectivity index (χ0) is 23.4. The summed E-state index contributed by atoms with van der Waals surface area (Å²) < 4.78 is 5.15. The largest absolute Gasteiger partial charge is 0.468 e. The third-order valence-corrected chi connectivity index (χ3v) is 7.65. The van der Waals surface area contributed by atoms with Crippen LogP contribution in [0.25, 0.3) is 10.4 Å². The maximum absolute atomic E-state index is 12.6. The molecule has 1 saturated carbocycles. The van der Waals surface area contributed by atoms with E-state index in [1.54, 1.807) is 6.07 Å². The average Bonchev–Trinajstić information content (AvgIpc) is 3.33. The second-order valence-electron chi connectivity index (χ2n) is 8.25. The van der Waals surface area contributed by atoms with Gasteiger partial charge in [-0.05, 0) is 49.1 Å². The van der Waals surface area contributed by atoms with E-state index in [1.165, 1.54) is 18.4 Å². The Morgan fingerprint density at radius 3 is 2.45 bits per heavy atom. The number of halogens is 1. The first kappa shape index (κ1) is 23.3. The fourth-order valence-corrected chi connectivity index (χ4v) is 5.69. The van der Waals surface area contributed by atoms with Gasteiger partial charge in [-0.25, -0.2) is 9.78 Å². The fraction of sp³-hybridized carbons (Fsp3) is 0.320. The van der Waals surface area contributed by atoms with E-state index in [0.29, 0.717) is 16.4 Å². The van der Waals surface area contributed by atoms with E-state index >= 15 is 0 Å². The number of hydrogen-bond acceptors (Lipinski definition) is 5. The van der Waals surface area contributed by atoms with Crippen LogP contribution in [0.2, 0.25) is 5.02 Å². The highest BCUT2D eigenvalue weighted by Gasteiger charge is 2.44. The Bertz CT molecular complexity index is 1130. The number of thiazole rings is 1. The van der Waals surface area contributed by atoms with Gasteiger partial charge in [-0.3, -0.25) is 4.79 Å². The topological polar surface area (TPSA) is 80.3 Å². The molecule has 0 radical (unpaired) electrons. The summed E-state index contributed by atoms with van der Waals surface area (Å²) in [7, 11) is 1.45. The van der Waals surface area contributed by atoms with Crippen molar-refractivity contribution in [3.8, 4) is 10.4 Å². The molecule has 2 aromatic carbocycles. The minimum Gasteiger partial charge on any atom is -0.468 e. The number of anilines is 2. The first-order valence-corrected chi connectivity index (χ1v) is 12.1. The number of amides is 2. The summed E-state index contributed by atoms with van der Waals surface area (Å²) in [5, 5.41) is 6.94. The van der Waals surface area contributed by atoms with E-state index in [2.05, 4.69) is 15.6 Å². The van der Waals surface area contributed by atoms with Crippen LogP contribution in [-0.2, 0) is 14.9 Å². The van der Waals surface area contributed by atoms with Crippen LogP contribution in [-0.4, -0.2) is 24.1 Å². The number of hydrogen-bond donors (Lipinski definition) is 2. The van der Waals surface area contributed by atoms with Gasteiger partial charge < -0.3 is 15.4 Å². The lowest BCUT2D eigenvalue weighted by Gasteiger charge is -2.32. The SMILES string of the molecule is COC(=O)C1(c2ncc(-c3ccc(NC(=O)Nc4c(C)cccc4Cl)cc3)s2)CCCCC1. The number of para-hydroxylation sites is 1. The molecule has 0 saturated heterocycles. The van der Waals surface area contributed by atoms with Gasteiger partial charge >= 0.3 is 12.0 Å². The Morgan fingerprint density at radius 2 is 1.79 bits per heavy atom. The van der Waals surface area contributed by atoms with E-state index in [-0.39, 0.29) is 12.0 Å². The maximum atomic E-state index is 12.6. The summed E-state index contributed by atoms with van der Waals surface area (Å²) in [6.45, 7) is 1.89. The summed E-state index contributed by atoms with van der Waals surface area (Å²) in [5.74, 6) is -0.192. The Hall–Kier alpha value is -2.90. The Morgan fingerprint density at radius 1 is 1.06 bits per heavy atom. The zero-order valence-electron chi connectivity index (χ0n) is 18.6. The summed E-state index contributed by atoms with van der Waals surface area (Å²) in [4.78, 5) is 30.7. The smallest absolute Gasteiger partial charge is 0.323 e. The standard InChI is InChI=1S/C25H26ClN3O3S/c1-16-7-6-8-19(26)21(16)29-24(31)28-18-11-9-17(10-12-18)20-15-27-22(33-20)25(23(30)32-2)13-4-3-5-14-25/h6-12,15H,3-5,13-14H2,1-2H3,(H2,28,29,31). The van der Waals surface area contributed by atoms with Crippen molar-refractivity contribution in [2.24, 2.45) is 0 Å². The lowest BCUT2D eigenvalue weighted by atomic mass is 9.74. The van der Waals surface area contributed by atoms with Gasteiger partial charge in [0.1, 0.15) is 10.4 Å². The number of rotatable bonds is 5. The quantitative estimate of drug-likeness (QED) is 0.391. The average molecular weight is 484 g/mol. The highest BCUT2D eigenvalue weighted by molar-refractivity contribution is 7.15. The molecule has 1 fully saturated rings. The van der Waals surface area contributed by atoms with Crippen molar-refractivity contribution in [2.45, 2.75) is 44.4 Å². The molecule has 1 aliphatic rings. The molecule has 172 valence electrons. The van der Waals surface area contributed by atoms with Gasteiger partial charge in [0.2, 0.25) is 0 Å². The van der Waals surface area contributed by atoms with Crippen molar-refractivity contribution in [3.05, 3.63) is 64.3 Å². The van der Waals surface area contributed by atoms with E-state index < -0.39 is 5.41 Å². The monoisotopic (exact) mass is 483 g/mol. The molecule has 0 aliphatic heterocycles. The molecule has 0 unspecified atom stereocenters. The predicted molar refractivity (Wildman–Crippen MR) is 133 cm³/mol. The minimum absolute atomic E-state index is 0.192. The number of carbonyl (C=O) groups is 2. The van der Waals surface area contributed by atoms with Crippen LogP contribution >= 0.6 is 22.9 Å². The van der Waals surface area contributed by atoms with Gasteiger partial charge in [0.25, 0.3) is 0 Å². The Balaban J connectivity index is 1.47. The number of benzene rings is 2. The number of carbonyl (C=O) groups excluding carboxylic acids is 2. The molecular formula is C25H26ClN3O3S. The molecule has 3 aromatic rings. The van der Waals surface area contributed by atoms with Crippen LogP contribution < -0.4 is 10.6 Å². The molecule has 0 spiro atoms. The Labute approximate surface area is 202 Å². The number of methoxy groups -OCH3 is 1. The van der Waals surface area contributed by atoms with E-state index in [0.717, 1.165) is 53.1 Å². The number of urea groups is 1. The molecule has 2 N–H and O–H groups in total. The lowest BCUT2D eigenvalue weighted by molar-refractivity contribution is -0.149. The Kier molecular flexibility index (Phi) is 7.00. The van der Waals surface area contributed by atoms with Crippen molar-refractivity contribution in [2.75, 3.05) is 17.7 Å². The predicted octanol–water partition coefficient (Wildman–Crippen LogP) is 6.79. The molecule has 8 heteroatoms. The van der Waals surface area contributed by atoms with Crippen molar-refractivity contribution in [3.63, 3.8) is 0 Å². The maximum Gasteiger partial charge on any atom is 0.323 e. The highest BCUT2D eigenvalue weighted by atomic mass is 35.5. The molecule has 2 amide bonds. The van der Waals surface area contributed by atoms with Gasteiger partial charge in [-0.15, -0.1) is 11.3 Å². The van der Waals surface area contributed by atoms with Gasteiger partial charge in [-0.1, -0.05) is 55.1 Å². The second-order valence-corrected chi connectivity index (χ2v) is 9.69. The minimum atomic E-state index is -0.633. The van der Waals surface area contributed by atoms with Crippen molar-refractivity contribution >= 4 is 46.3 Å². The number of aryl methyl sites for hydroxylation is 1. The van der Waals surface area contributed by atoms with Crippen LogP contribution in [0.5, 0.6) is 0 Å². The van der Waals surface area contributed by atoms with Crippen LogP contribution in [0.4, 0.5) is 16.2 Å². The number of esters is 1. The summed E-state index contributed by atoms with van der Waals surface area (Å²) >= 11 is 7.72. The van der Waals surface area contributed by atoms with Crippen molar-refractivity contribution in [1.82, 2.24) is 4.98 Å². The molecule has 1 aliphatic carbocycles. The zero-order valence-corrected chi connectivity index (χ0v) is 20.2. The molecule has 1 heterocycles. The van der Waals surface area contributed by atoms with Crippen LogP contribution in [0.15, 0.2) is 48.7 Å². The van der Waals surface area contributed by atoms with Crippen molar-refractivity contribution < 1.29 is 14.3 Å². The third kappa shape index (κ3) is 4.89. The number of ether oxygens (including phenoxy) is 1. The summed E-state index contributed by atoms with van der Waals surface area (Å²) in [6, 6.07) is 12.6. The summed E-state index contributed by atoms with van der Waals surface area (Å²) in [5.41, 5.74) is 2.47. The van der Waals surface area contributed by atoms with Crippen molar-refractivity contribution in [1.29, 1.82) is 0 Å². The lowest BCUT2D eigenvalue weighted by Crippen LogP contribution is -2.38. The molecule has 0 atom stereocenters. The molecule has 4 rings (SSSR count). The second kappa shape index (κ2) is 9.93. The highest BCUT2D eigenvalue weighted by Crippen LogP contribution is 2.43. The molecule has 1 aromatic heterocycles. The van der Waals surface area contributed by atoms with E-state index in [4.69, 9.17) is 16.3 Å². The van der Waals surface area contributed by atoms with Gasteiger partial charge in [0.05, 0.1) is 22.7 Å².